The Morgan fingerprint density at radius 1 is 0.963 bits per heavy atom. The first-order valence-corrected chi connectivity index (χ1v) is 8.71. The predicted octanol–water partition coefficient (Wildman–Crippen LogP) is 1.63. The molecule has 0 fully saturated rings. The molecule has 0 unspecified atom stereocenters. The van der Waals surface area contributed by atoms with E-state index in [1.807, 2.05) is 48.7 Å². The molecule has 2 amide bonds. The average Bonchev–Trinajstić information content (AvgIpc) is 3.22. The van der Waals surface area contributed by atoms with Gasteiger partial charge in [-0.25, -0.2) is 9.97 Å². The van der Waals surface area contributed by atoms with E-state index in [0.717, 1.165) is 16.9 Å². The first-order valence-electron chi connectivity index (χ1n) is 8.71. The van der Waals surface area contributed by atoms with E-state index in [9.17, 15) is 9.59 Å². The highest BCUT2D eigenvalue weighted by Crippen LogP contribution is 2.05. The maximum atomic E-state index is 11.9. The predicted molar refractivity (Wildman–Crippen MR) is 101 cm³/mol. The second-order valence-corrected chi connectivity index (χ2v) is 6.03. The minimum Gasteiger partial charge on any atom is -0.355 e. The number of hydrogen-bond donors (Lipinski definition) is 2. The number of carbonyl (C=O) groups is 2. The van der Waals surface area contributed by atoms with Crippen LogP contribution < -0.4 is 10.6 Å². The average molecular weight is 363 g/mol. The Balaban J connectivity index is 1.35. The standard InChI is InChI=1S/C20H21N5O2/c26-19(8-9-22-20(27)12-16-4-2-1-3-5-16)24-14-17-6-7-18(23-13-17)25-11-10-21-15-25/h1-7,10-11,13,15H,8-9,12,14H2,(H,22,27)(H,24,26). The molecule has 0 atom stereocenters. The Kier molecular flexibility index (Phi) is 6.30. The molecule has 0 aliphatic carbocycles. The van der Waals surface area contributed by atoms with Gasteiger partial charge in [0.05, 0.1) is 6.42 Å². The number of hydrogen-bond acceptors (Lipinski definition) is 4. The second-order valence-electron chi connectivity index (χ2n) is 6.03. The quantitative estimate of drug-likeness (QED) is 0.637. The lowest BCUT2D eigenvalue weighted by Gasteiger charge is -2.08. The van der Waals surface area contributed by atoms with Gasteiger partial charge in [-0.1, -0.05) is 36.4 Å². The Labute approximate surface area is 157 Å². The van der Waals surface area contributed by atoms with Crippen LogP contribution in [0.25, 0.3) is 5.82 Å². The van der Waals surface area contributed by atoms with E-state index in [1.165, 1.54) is 0 Å². The lowest BCUT2D eigenvalue weighted by Crippen LogP contribution is -2.31. The molecule has 138 valence electrons. The zero-order valence-corrected chi connectivity index (χ0v) is 14.8. The molecular formula is C20H21N5O2. The zero-order valence-electron chi connectivity index (χ0n) is 14.8. The van der Waals surface area contributed by atoms with Crippen molar-refractivity contribution in [1.29, 1.82) is 0 Å². The molecule has 3 aromatic rings. The van der Waals surface area contributed by atoms with Crippen LogP contribution in [0.5, 0.6) is 0 Å². The van der Waals surface area contributed by atoms with Gasteiger partial charge >= 0.3 is 0 Å². The van der Waals surface area contributed by atoms with Gasteiger partial charge in [0.25, 0.3) is 0 Å². The monoisotopic (exact) mass is 363 g/mol. The highest BCUT2D eigenvalue weighted by Gasteiger charge is 2.06. The van der Waals surface area contributed by atoms with Crippen LogP contribution in [0.4, 0.5) is 0 Å². The number of amides is 2. The molecule has 2 heterocycles. The first kappa shape index (κ1) is 18.3. The lowest BCUT2D eigenvalue weighted by atomic mass is 10.1. The highest BCUT2D eigenvalue weighted by atomic mass is 16.2. The summed E-state index contributed by atoms with van der Waals surface area (Å²) in [6, 6.07) is 13.3. The fourth-order valence-corrected chi connectivity index (χ4v) is 2.52. The Bertz CT molecular complexity index is 861. The molecule has 0 saturated carbocycles. The number of imidazole rings is 1. The van der Waals surface area contributed by atoms with Gasteiger partial charge in [0.1, 0.15) is 12.1 Å². The summed E-state index contributed by atoms with van der Waals surface area (Å²) in [5, 5.41) is 5.59. The maximum absolute atomic E-state index is 11.9. The normalized spacial score (nSPS) is 10.4. The molecule has 2 N–H and O–H groups in total. The molecule has 3 rings (SSSR count). The molecular weight excluding hydrogens is 342 g/mol. The van der Waals surface area contributed by atoms with Gasteiger partial charge < -0.3 is 10.6 Å². The number of nitrogens with one attached hydrogen (secondary N) is 2. The van der Waals surface area contributed by atoms with E-state index in [2.05, 4.69) is 20.6 Å². The summed E-state index contributed by atoms with van der Waals surface area (Å²) in [7, 11) is 0. The number of carbonyl (C=O) groups excluding carboxylic acids is 2. The molecule has 0 radical (unpaired) electrons. The third-order valence-corrected chi connectivity index (χ3v) is 3.95. The van der Waals surface area contributed by atoms with Crippen molar-refractivity contribution in [2.24, 2.45) is 0 Å². The van der Waals surface area contributed by atoms with Crippen molar-refractivity contribution >= 4 is 11.8 Å². The third kappa shape index (κ3) is 5.78. The van der Waals surface area contributed by atoms with E-state index in [-0.39, 0.29) is 18.2 Å². The van der Waals surface area contributed by atoms with Gasteiger partial charge in [-0.05, 0) is 17.2 Å². The third-order valence-electron chi connectivity index (χ3n) is 3.95. The van der Waals surface area contributed by atoms with Crippen LogP contribution in [0, 0.1) is 0 Å². The van der Waals surface area contributed by atoms with Crippen molar-refractivity contribution in [3.63, 3.8) is 0 Å². The Morgan fingerprint density at radius 3 is 2.52 bits per heavy atom. The summed E-state index contributed by atoms with van der Waals surface area (Å²) >= 11 is 0. The van der Waals surface area contributed by atoms with Gasteiger partial charge in [-0.3, -0.25) is 14.2 Å². The van der Waals surface area contributed by atoms with Crippen molar-refractivity contribution in [2.75, 3.05) is 6.54 Å². The molecule has 0 aliphatic heterocycles. The molecule has 0 spiro atoms. The van der Waals surface area contributed by atoms with Gasteiger partial charge in [-0.15, -0.1) is 0 Å². The number of rotatable bonds is 8. The molecule has 2 aromatic heterocycles. The van der Waals surface area contributed by atoms with E-state index in [1.54, 1.807) is 23.3 Å². The number of benzene rings is 1. The Morgan fingerprint density at radius 2 is 1.81 bits per heavy atom. The van der Waals surface area contributed by atoms with Crippen molar-refractivity contribution < 1.29 is 9.59 Å². The van der Waals surface area contributed by atoms with Crippen molar-refractivity contribution in [3.05, 3.63) is 78.5 Å². The first-order chi connectivity index (χ1) is 13.2. The molecule has 7 heteroatoms. The summed E-state index contributed by atoms with van der Waals surface area (Å²) in [6.45, 7) is 0.712. The van der Waals surface area contributed by atoms with Gasteiger partial charge in [0, 0.05) is 38.1 Å². The molecule has 7 nitrogen and oxygen atoms in total. The van der Waals surface area contributed by atoms with Gasteiger partial charge in [-0.2, -0.15) is 0 Å². The fourth-order valence-electron chi connectivity index (χ4n) is 2.52. The van der Waals surface area contributed by atoms with Crippen molar-refractivity contribution in [3.8, 4) is 5.82 Å². The van der Waals surface area contributed by atoms with Crippen LogP contribution in [-0.2, 0) is 22.6 Å². The second kappa shape index (κ2) is 9.28. The zero-order chi connectivity index (χ0) is 18.9. The Hall–Kier alpha value is -3.48. The minimum absolute atomic E-state index is 0.0895. The largest absolute Gasteiger partial charge is 0.355 e. The van der Waals surface area contributed by atoms with Crippen LogP contribution in [-0.4, -0.2) is 32.9 Å². The van der Waals surface area contributed by atoms with E-state index in [4.69, 9.17) is 0 Å². The summed E-state index contributed by atoms with van der Waals surface area (Å²) in [4.78, 5) is 32.1. The van der Waals surface area contributed by atoms with Gasteiger partial charge in [0.2, 0.25) is 11.8 Å². The molecule has 1 aromatic carbocycles. The summed E-state index contributed by atoms with van der Waals surface area (Å²) in [5.74, 6) is 0.561. The molecule has 0 bridgehead atoms. The van der Waals surface area contributed by atoms with E-state index in [0.29, 0.717) is 19.5 Å². The topological polar surface area (TPSA) is 88.9 Å². The van der Waals surface area contributed by atoms with Crippen molar-refractivity contribution in [2.45, 2.75) is 19.4 Å². The number of aromatic nitrogens is 3. The van der Waals surface area contributed by atoms with Crippen LogP contribution >= 0.6 is 0 Å². The molecule has 0 saturated heterocycles. The summed E-state index contributed by atoms with van der Waals surface area (Å²) in [5.41, 5.74) is 1.85. The molecule has 0 aliphatic rings. The SMILES string of the molecule is O=C(CCNC(=O)Cc1ccccc1)NCc1ccc(-n2ccnc2)nc1. The van der Waals surface area contributed by atoms with E-state index >= 15 is 0 Å². The number of nitrogens with zero attached hydrogens (tertiary/aromatic N) is 3. The molecule has 27 heavy (non-hydrogen) atoms. The summed E-state index contributed by atoms with van der Waals surface area (Å²) < 4.78 is 1.81. The highest BCUT2D eigenvalue weighted by molar-refractivity contribution is 5.80. The minimum atomic E-state index is -0.117. The maximum Gasteiger partial charge on any atom is 0.224 e. The van der Waals surface area contributed by atoms with Gasteiger partial charge in [0.15, 0.2) is 0 Å². The lowest BCUT2D eigenvalue weighted by molar-refractivity contribution is -0.122. The van der Waals surface area contributed by atoms with Crippen molar-refractivity contribution in [1.82, 2.24) is 25.2 Å². The van der Waals surface area contributed by atoms with Crippen LogP contribution in [0.3, 0.4) is 0 Å². The summed E-state index contributed by atoms with van der Waals surface area (Å²) in [6.07, 6.45) is 7.45. The van der Waals surface area contributed by atoms with Crippen LogP contribution in [0.1, 0.15) is 17.5 Å². The van der Waals surface area contributed by atoms with Crippen LogP contribution in [0.15, 0.2) is 67.4 Å². The van der Waals surface area contributed by atoms with Crippen LogP contribution in [0.2, 0.25) is 0 Å². The number of pyridine rings is 1. The fraction of sp³-hybridized carbons (Fsp3) is 0.200. The smallest absolute Gasteiger partial charge is 0.224 e. The van der Waals surface area contributed by atoms with E-state index < -0.39 is 0 Å².